The van der Waals surface area contributed by atoms with Crippen molar-refractivity contribution in [3.05, 3.63) is 41.5 Å². The second-order valence-corrected chi connectivity index (χ2v) is 15.9. The molecule has 1 aliphatic carbocycles. The Balaban J connectivity index is 1.24. The van der Waals surface area contributed by atoms with Crippen molar-refractivity contribution in [1.29, 1.82) is 0 Å². The second-order valence-electron chi connectivity index (χ2n) is 15.9. The molecule has 11 atom stereocenters. The van der Waals surface area contributed by atoms with Crippen LogP contribution >= 0.6 is 0 Å². The highest BCUT2D eigenvalue weighted by atomic mass is 16.8. The van der Waals surface area contributed by atoms with Crippen LogP contribution in [0, 0.1) is 5.41 Å². The Labute approximate surface area is 338 Å². The fourth-order valence-corrected chi connectivity index (χ4v) is 8.97. The molecule has 2 bridgehead atoms. The number of rotatable bonds is 21. The molecular formula is C41H61N3O14. The number of aliphatic hydroxyl groups is 5. The van der Waals surface area contributed by atoms with Crippen LogP contribution in [0.5, 0.6) is 0 Å². The molecule has 5 fully saturated rings. The van der Waals surface area contributed by atoms with Gasteiger partial charge in [-0.2, -0.15) is 5.06 Å². The van der Waals surface area contributed by atoms with Gasteiger partial charge in [0.2, 0.25) is 11.8 Å². The van der Waals surface area contributed by atoms with E-state index in [0.717, 1.165) is 49.7 Å². The van der Waals surface area contributed by atoms with E-state index in [1.165, 1.54) is 5.06 Å². The first-order chi connectivity index (χ1) is 28.0. The fraction of sp³-hybridized carbons (Fsp3) is 0.732. The van der Waals surface area contributed by atoms with E-state index < -0.39 is 90.8 Å². The molecule has 6 rings (SSSR count). The maximum absolute atomic E-state index is 14.6. The first kappa shape index (κ1) is 44.5. The average Bonchev–Trinajstić information content (AvgIpc) is 3.77. The largest absolute Gasteiger partial charge is 0.458 e. The van der Waals surface area contributed by atoms with Crippen LogP contribution in [0.25, 0.3) is 6.08 Å². The number of nitrogens with zero attached hydrogens (tertiary/aromatic N) is 1. The van der Waals surface area contributed by atoms with E-state index in [1.807, 2.05) is 24.3 Å². The molecule has 2 unspecified atom stereocenters. The molecule has 4 heterocycles. The maximum Gasteiger partial charge on any atom is 0.327 e. The number of fused-ring (bicyclic) bond motifs is 4. The number of amides is 2. The number of unbranched alkanes of at least 4 members (excludes halogenated alkanes) is 4. The summed E-state index contributed by atoms with van der Waals surface area (Å²) in [6.45, 7) is 3.59. The first-order valence-corrected chi connectivity index (χ1v) is 20.8. The lowest BCUT2D eigenvalue weighted by molar-refractivity contribution is -0.298. The fourth-order valence-electron chi connectivity index (χ4n) is 8.97. The third-order valence-corrected chi connectivity index (χ3v) is 12.0. The SMILES string of the molecule is CCCCCC1(CCCCC)O[C@@H]2[C@H]3ON(Cc4ccccc4C=CCO[C@H]4O[C@H](CO)[C@H](O)[C@H](O)[C@H]4O)[C@H]4C(=O)OC(CC34C(=O)NCCC(=O)NCCO)[C@@H]2O1. The zero-order chi connectivity index (χ0) is 41.5. The minimum atomic E-state index is -1.57. The smallest absolute Gasteiger partial charge is 0.327 e. The van der Waals surface area contributed by atoms with Crippen LogP contribution < -0.4 is 10.6 Å². The molecule has 4 saturated heterocycles. The summed E-state index contributed by atoms with van der Waals surface area (Å²) in [4.78, 5) is 47.9. The number of carbonyl (C=O) groups is 3. The van der Waals surface area contributed by atoms with Gasteiger partial charge in [-0.3, -0.25) is 19.2 Å². The molecular weight excluding hydrogens is 758 g/mol. The van der Waals surface area contributed by atoms with Gasteiger partial charge < -0.3 is 59.9 Å². The van der Waals surface area contributed by atoms with E-state index >= 15 is 0 Å². The molecule has 17 nitrogen and oxygen atoms in total. The highest BCUT2D eigenvalue weighted by Crippen LogP contribution is 2.58. The molecule has 1 aromatic rings. The lowest BCUT2D eigenvalue weighted by Crippen LogP contribution is -2.69. The lowest BCUT2D eigenvalue weighted by atomic mass is 9.62. The van der Waals surface area contributed by atoms with Crippen LogP contribution in [0.2, 0.25) is 0 Å². The quantitative estimate of drug-likeness (QED) is 0.0664. The van der Waals surface area contributed by atoms with Crippen molar-refractivity contribution in [2.75, 3.05) is 32.9 Å². The minimum Gasteiger partial charge on any atom is -0.458 e. The zero-order valence-corrected chi connectivity index (χ0v) is 33.4. The molecule has 0 radical (unpaired) electrons. The number of benzene rings is 1. The third kappa shape index (κ3) is 9.29. The Morgan fingerprint density at radius 2 is 1.67 bits per heavy atom. The topological polar surface area (TPSA) is 235 Å². The van der Waals surface area contributed by atoms with Crippen LogP contribution in [0.15, 0.2) is 30.3 Å². The predicted octanol–water partition coefficient (Wildman–Crippen LogP) is 0.572. The third-order valence-electron chi connectivity index (χ3n) is 12.0. The first-order valence-electron chi connectivity index (χ1n) is 20.8. The van der Waals surface area contributed by atoms with Gasteiger partial charge in [0.25, 0.3) is 0 Å². The average molecular weight is 820 g/mol. The van der Waals surface area contributed by atoms with Crippen LogP contribution in [0.1, 0.15) is 89.2 Å². The van der Waals surface area contributed by atoms with Crippen molar-refractivity contribution in [3.63, 3.8) is 0 Å². The van der Waals surface area contributed by atoms with Crippen molar-refractivity contribution in [2.24, 2.45) is 5.41 Å². The number of carbonyl (C=O) groups excluding carboxylic acids is 3. The van der Waals surface area contributed by atoms with E-state index in [2.05, 4.69) is 24.5 Å². The highest BCUT2D eigenvalue weighted by Gasteiger charge is 2.76. The van der Waals surface area contributed by atoms with Gasteiger partial charge in [0.1, 0.15) is 54.2 Å². The van der Waals surface area contributed by atoms with Gasteiger partial charge in [-0.25, -0.2) is 0 Å². The highest BCUT2D eigenvalue weighted by molar-refractivity contribution is 5.94. The zero-order valence-electron chi connectivity index (χ0n) is 33.4. The Bertz CT molecular complexity index is 1570. The number of ether oxygens (including phenoxy) is 5. The molecule has 1 saturated carbocycles. The Hall–Kier alpha value is -3.07. The van der Waals surface area contributed by atoms with Crippen molar-refractivity contribution in [3.8, 4) is 0 Å². The van der Waals surface area contributed by atoms with E-state index in [4.69, 9.17) is 33.6 Å². The Morgan fingerprint density at radius 1 is 0.948 bits per heavy atom. The van der Waals surface area contributed by atoms with Gasteiger partial charge >= 0.3 is 5.97 Å². The molecule has 0 spiro atoms. The number of hydrogen-bond donors (Lipinski definition) is 7. The van der Waals surface area contributed by atoms with Gasteiger partial charge in [0, 0.05) is 38.8 Å². The summed E-state index contributed by atoms with van der Waals surface area (Å²) < 4.78 is 31.0. The van der Waals surface area contributed by atoms with E-state index in [-0.39, 0.29) is 51.6 Å². The molecule has 7 N–H and O–H groups in total. The maximum atomic E-state index is 14.6. The van der Waals surface area contributed by atoms with Crippen LogP contribution in [-0.4, -0.2) is 148 Å². The monoisotopic (exact) mass is 819 g/mol. The molecule has 0 aromatic heterocycles. The van der Waals surface area contributed by atoms with Crippen molar-refractivity contribution in [1.82, 2.24) is 15.7 Å². The van der Waals surface area contributed by atoms with Crippen molar-refractivity contribution in [2.45, 2.75) is 152 Å². The molecule has 4 aliphatic heterocycles. The summed E-state index contributed by atoms with van der Waals surface area (Å²) in [7, 11) is 0. The van der Waals surface area contributed by atoms with Gasteiger partial charge in [-0.1, -0.05) is 75.9 Å². The molecule has 324 valence electrons. The summed E-state index contributed by atoms with van der Waals surface area (Å²) >= 11 is 0. The van der Waals surface area contributed by atoms with Gasteiger partial charge in [-0.15, -0.1) is 0 Å². The second kappa shape index (κ2) is 20.0. The van der Waals surface area contributed by atoms with Crippen molar-refractivity contribution < 1.29 is 68.4 Å². The summed E-state index contributed by atoms with van der Waals surface area (Å²) in [5, 5.41) is 56.2. The van der Waals surface area contributed by atoms with Crippen LogP contribution in [0.3, 0.4) is 0 Å². The molecule has 58 heavy (non-hydrogen) atoms. The molecule has 1 aromatic carbocycles. The van der Waals surface area contributed by atoms with Gasteiger partial charge in [-0.05, 0) is 24.0 Å². The normalized spacial score (nSPS) is 33.9. The van der Waals surface area contributed by atoms with E-state index in [9.17, 15) is 34.8 Å². The van der Waals surface area contributed by atoms with E-state index in [0.29, 0.717) is 12.8 Å². The summed E-state index contributed by atoms with van der Waals surface area (Å²) in [6, 6.07) is 6.24. The lowest BCUT2D eigenvalue weighted by Gasteiger charge is -2.48. The van der Waals surface area contributed by atoms with Gasteiger partial charge in [0.05, 0.1) is 26.4 Å². The summed E-state index contributed by atoms with van der Waals surface area (Å²) in [6.07, 6.45) is 0.596. The number of esters is 1. The van der Waals surface area contributed by atoms with Crippen molar-refractivity contribution >= 4 is 23.9 Å². The van der Waals surface area contributed by atoms with Crippen LogP contribution in [-0.2, 0) is 49.5 Å². The predicted molar refractivity (Wildman–Crippen MR) is 205 cm³/mol. The standard InChI is InChI=1S/C41H61N3O14/c1-3-5-9-16-40(17-10-6-4-2)56-33-27-22-41(39(52)43-18-15-29(47)42-19-20-45)35(37(51)54-27)44(58-36(41)34(33)57-40)23-26-13-8-7-12-25(26)14-11-21-53-38-32(50)31(49)30(48)28(24-46)55-38/h7-8,11-14,27-28,30-36,38,45-46,48-50H,3-6,9-10,15-24H2,1-2H3,(H,42,47)(H,43,52)/t27?,28-,30+,31+,32-,33+,34+,35+,36-,38+,41?/m1/s1. The summed E-state index contributed by atoms with van der Waals surface area (Å²) in [5.41, 5.74) is 0.0425. The Kier molecular flexibility index (Phi) is 15.3. The van der Waals surface area contributed by atoms with Gasteiger partial charge in [0.15, 0.2) is 18.1 Å². The molecule has 17 heteroatoms. The molecule has 2 amide bonds. The Morgan fingerprint density at radius 3 is 2.38 bits per heavy atom. The van der Waals surface area contributed by atoms with Crippen LogP contribution in [0.4, 0.5) is 0 Å². The number of hydrogen-bond acceptors (Lipinski definition) is 15. The number of aliphatic hydroxyl groups excluding tert-OH is 5. The molecule has 5 aliphatic rings. The number of nitrogens with one attached hydrogen (secondary N) is 2. The summed E-state index contributed by atoms with van der Waals surface area (Å²) in [5.74, 6) is -2.33. The van der Waals surface area contributed by atoms with E-state index in [1.54, 1.807) is 12.2 Å². The number of hydroxylamine groups is 2. The minimum absolute atomic E-state index is 0.000747.